The Morgan fingerprint density at radius 3 is 2.86 bits per heavy atom. The monoisotopic (exact) mass is 286 g/mol. The Kier molecular flexibility index (Phi) is 3.34. The summed E-state index contributed by atoms with van der Waals surface area (Å²) in [6.45, 7) is 1.78. The van der Waals surface area contributed by atoms with Crippen LogP contribution in [0.5, 0.6) is 0 Å². The first-order chi connectivity index (χ1) is 10.3. The van der Waals surface area contributed by atoms with Gasteiger partial charge in [0.2, 0.25) is 0 Å². The number of piperidine rings is 1. The highest BCUT2D eigenvalue weighted by Gasteiger charge is 2.33. The maximum Gasteiger partial charge on any atom is 0.421 e. The highest BCUT2D eigenvalue weighted by atomic mass is 16.4. The van der Waals surface area contributed by atoms with Crippen LogP contribution in [-0.4, -0.2) is 22.1 Å². The van der Waals surface area contributed by atoms with Crippen LogP contribution < -0.4 is 5.76 Å². The standard InChI is InChI=1S/C17H22N2O2/c20-17-19(15-9-3-4-10-16(15)21-17)12-18-11-5-7-13-6-1-2-8-14(13)18/h3-4,9-10,13-14H,1-2,5-8,11-12H2. The predicted octanol–water partition coefficient (Wildman–Crippen LogP) is 3.21. The van der Waals surface area contributed by atoms with Crippen molar-refractivity contribution >= 4 is 11.1 Å². The summed E-state index contributed by atoms with van der Waals surface area (Å²) in [4.78, 5) is 14.7. The second kappa shape index (κ2) is 5.34. The number of hydrogen-bond donors (Lipinski definition) is 0. The van der Waals surface area contributed by atoms with Crippen molar-refractivity contribution in [2.45, 2.75) is 51.2 Å². The topological polar surface area (TPSA) is 38.4 Å². The summed E-state index contributed by atoms with van der Waals surface area (Å²) >= 11 is 0. The Morgan fingerprint density at radius 1 is 1.10 bits per heavy atom. The number of nitrogens with zero attached hydrogens (tertiary/aromatic N) is 2. The van der Waals surface area contributed by atoms with Gasteiger partial charge in [0.05, 0.1) is 12.2 Å². The van der Waals surface area contributed by atoms with Crippen LogP contribution in [0.4, 0.5) is 0 Å². The lowest BCUT2D eigenvalue weighted by atomic mass is 9.78. The SMILES string of the molecule is O=c1oc2ccccc2n1CN1CCCC2CCCCC21. The normalized spacial score (nSPS) is 26.9. The molecule has 112 valence electrons. The van der Waals surface area contributed by atoms with Crippen LogP contribution in [0, 0.1) is 5.92 Å². The Bertz CT molecular complexity index is 685. The van der Waals surface area contributed by atoms with Crippen LogP contribution in [0.3, 0.4) is 0 Å². The molecule has 0 amide bonds. The number of rotatable bonds is 2. The van der Waals surface area contributed by atoms with Gasteiger partial charge >= 0.3 is 5.76 Å². The Morgan fingerprint density at radius 2 is 1.90 bits per heavy atom. The third-order valence-corrected chi connectivity index (χ3v) is 5.25. The minimum absolute atomic E-state index is 0.228. The van der Waals surface area contributed by atoms with Gasteiger partial charge in [-0.05, 0) is 43.7 Å². The largest absolute Gasteiger partial charge is 0.421 e. The van der Waals surface area contributed by atoms with Crippen LogP contribution in [0.25, 0.3) is 11.1 Å². The highest BCUT2D eigenvalue weighted by molar-refractivity contribution is 5.72. The van der Waals surface area contributed by atoms with Gasteiger partial charge in [-0.2, -0.15) is 0 Å². The maximum atomic E-state index is 12.1. The zero-order valence-corrected chi connectivity index (χ0v) is 12.3. The summed E-state index contributed by atoms with van der Waals surface area (Å²) in [5.74, 6) is 0.607. The first kappa shape index (κ1) is 13.1. The van der Waals surface area contributed by atoms with E-state index in [4.69, 9.17) is 4.42 Å². The average Bonchev–Trinajstić information content (AvgIpc) is 2.84. The highest BCUT2D eigenvalue weighted by Crippen LogP contribution is 2.35. The van der Waals surface area contributed by atoms with E-state index in [9.17, 15) is 4.79 Å². The molecule has 1 aromatic carbocycles. The molecule has 2 heterocycles. The molecular formula is C17H22N2O2. The number of likely N-dealkylation sites (tertiary alicyclic amines) is 1. The molecule has 4 nitrogen and oxygen atoms in total. The van der Waals surface area contributed by atoms with E-state index in [2.05, 4.69) is 4.90 Å². The van der Waals surface area contributed by atoms with Crippen molar-refractivity contribution in [2.75, 3.05) is 6.54 Å². The van der Waals surface area contributed by atoms with Gasteiger partial charge in [0.25, 0.3) is 0 Å². The Balaban J connectivity index is 1.64. The summed E-state index contributed by atoms with van der Waals surface area (Å²) < 4.78 is 7.16. The molecule has 2 fully saturated rings. The lowest BCUT2D eigenvalue weighted by Crippen LogP contribution is -2.48. The smallest absolute Gasteiger partial charge is 0.408 e. The van der Waals surface area contributed by atoms with E-state index in [1.165, 1.54) is 38.5 Å². The van der Waals surface area contributed by atoms with E-state index >= 15 is 0 Å². The van der Waals surface area contributed by atoms with Crippen molar-refractivity contribution in [1.82, 2.24) is 9.47 Å². The van der Waals surface area contributed by atoms with Gasteiger partial charge in [0.15, 0.2) is 5.58 Å². The van der Waals surface area contributed by atoms with E-state index < -0.39 is 0 Å². The van der Waals surface area contributed by atoms with Crippen molar-refractivity contribution in [2.24, 2.45) is 5.92 Å². The number of benzene rings is 1. The van der Waals surface area contributed by atoms with E-state index in [0.29, 0.717) is 18.3 Å². The number of hydrogen-bond acceptors (Lipinski definition) is 3. The molecule has 0 bridgehead atoms. The predicted molar refractivity (Wildman–Crippen MR) is 82.2 cm³/mol. The first-order valence-corrected chi connectivity index (χ1v) is 8.15. The number of oxazole rings is 1. The van der Waals surface area contributed by atoms with Gasteiger partial charge < -0.3 is 4.42 Å². The molecule has 2 unspecified atom stereocenters. The summed E-state index contributed by atoms with van der Waals surface area (Å²) in [7, 11) is 0. The molecule has 0 N–H and O–H groups in total. The van der Waals surface area contributed by atoms with E-state index in [1.807, 2.05) is 24.3 Å². The molecule has 4 rings (SSSR count). The third-order valence-electron chi connectivity index (χ3n) is 5.25. The number of fused-ring (bicyclic) bond motifs is 2. The van der Waals surface area contributed by atoms with Crippen molar-refractivity contribution in [1.29, 1.82) is 0 Å². The van der Waals surface area contributed by atoms with Crippen molar-refractivity contribution in [3.8, 4) is 0 Å². The van der Waals surface area contributed by atoms with Crippen molar-refractivity contribution in [3.05, 3.63) is 34.8 Å². The number of aromatic nitrogens is 1. The molecule has 2 aromatic rings. The summed E-state index contributed by atoms with van der Waals surface area (Å²) in [5.41, 5.74) is 1.61. The first-order valence-electron chi connectivity index (χ1n) is 8.15. The van der Waals surface area contributed by atoms with Gasteiger partial charge in [-0.25, -0.2) is 4.79 Å². The fourth-order valence-electron chi connectivity index (χ4n) is 4.23. The molecule has 4 heteroatoms. The molecule has 2 aliphatic rings. The minimum atomic E-state index is -0.228. The molecular weight excluding hydrogens is 264 g/mol. The van der Waals surface area contributed by atoms with Crippen LogP contribution in [0.2, 0.25) is 0 Å². The van der Waals surface area contributed by atoms with Gasteiger partial charge in [-0.1, -0.05) is 25.0 Å². The Hall–Kier alpha value is -1.55. The molecule has 2 atom stereocenters. The molecule has 21 heavy (non-hydrogen) atoms. The fourth-order valence-corrected chi connectivity index (χ4v) is 4.23. The van der Waals surface area contributed by atoms with Gasteiger partial charge in [0.1, 0.15) is 0 Å². The van der Waals surface area contributed by atoms with Crippen molar-refractivity contribution < 1.29 is 4.42 Å². The quantitative estimate of drug-likeness (QED) is 0.851. The van der Waals surface area contributed by atoms with E-state index in [1.54, 1.807) is 4.57 Å². The molecule has 1 saturated heterocycles. The lowest BCUT2D eigenvalue weighted by Gasteiger charge is -2.44. The van der Waals surface area contributed by atoms with Gasteiger partial charge in [0, 0.05) is 12.6 Å². The second-order valence-electron chi connectivity index (χ2n) is 6.47. The third kappa shape index (κ3) is 2.31. The van der Waals surface area contributed by atoms with E-state index in [0.717, 1.165) is 18.0 Å². The molecule has 0 spiro atoms. The molecule has 1 aliphatic heterocycles. The van der Waals surface area contributed by atoms with Crippen molar-refractivity contribution in [3.63, 3.8) is 0 Å². The van der Waals surface area contributed by atoms with E-state index in [-0.39, 0.29) is 5.76 Å². The second-order valence-corrected chi connectivity index (χ2v) is 6.47. The lowest BCUT2D eigenvalue weighted by molar-refractivity contribution is 0.0357. The van der Waals surface area contributed by atoms with Crippen LogP contribution in [0.15, 0.2) is 33.5 Å². The fraction of sp³-hybridized carbons (Fsp3) is 0.588. The number of para-hydroxylation sites is 2. The van der Waals surface area contributed by atoms with Crippen LogP contribution >= 0.6 is 0 Å². The molecule has 0 radical (unpaired) electrons. The summed E-state index contributed by atoms with van der Waals surface area (Å²) in [6.07, 6.45) is 7.98. The summed E-state index contributed by atoms with van der Waals surface area (Å²) in [5, 5.41) is 0. The molecule has 1 aliphatic carbocycles. The van der Waals surface area contributed by atoms with Gasteiger partial charge in [-0.15, -0.1) is 0 Å². The minimum Gasteiger partial charge on any atom is -0.408 e. The maximum absolute atomic E-state index is 12.1. The van der Waals surface area contributed by atoms with Crippen LogP contribution in [0.1, 0.15) is 38.5 Å². The summed E-state index contributed by atoms with van der Waals surface area (Å²) in [6, 6.07) is 8.38. The zero-order valence-electron chi connectivity index (χ0n) is 12.3. The average molecular weight is 286 g/mol. The zero-order chi connectivity index (χ0) is 14.2. The Labute approximate surface area is 124 Å². The molecule has 1 aromatic heterocycles. The van der Waals surface area contributed by atoms with Gasteiger partial charge in [-0.3, -0.25) is 9.47 Å². The molecule has 1 saturated carbocycles. The van der Waals surface area contributed by atoms with Crippen LogP contribution in [-0.2, 0) is 6.67 Å².